The number of likely N-dealkylation sites (N-methyl/N-ethyl adjacent to an activating group) is 1. The molecule has 0 saturated carbocycles. The van der Waals surface area contributed by atoms with E-state index in [1.807, 2.05) is 0 Å². The number of rotatable bonds is 2. The highest BCUT2D eigenvalue weighted by Crippen LogP contribution is 2.21. The summed E-state index contributed by atoms with van der Waals surface area (Å²) in [5.74, 6) is 0. The molecule has 0 radical (unpaired) electrons. The lowest BCUT2D eigenvalue weighted by Gasteiger charge is -2.18. The van der Waals surface area contributed by atoms with Gasteiger partial charge in [-0.05, 0) is 44.0 Å². The number of nitrogens with zero attached hydrogens (tertiary/aromatic N) is 1. The second kappa shape index (κ2) is 3.95. The zero-order chi connectivity index (χ0) is 11.0. The summed E-state index contributed by atoms with van der Waals surface area (Å²) in [6, 6.07) is 11.5. The molecule has 1 aliphatic heterocycles. The summed E-state index contributed by atoms with van der Waals surface area (Å²) >= 11 is 0. The van der Waals surface area contributed by atoms with Crippen molar-refractivity contribution in [1.29, 1.82) is 0 Å². The van der Waals surface area contributed by atoms with Gasteiger partial charge in [-0.2, -0.15) is 0 Å². The number of fused-ring (bicyclic) bond motifs is 1. The first kappa shape index (κ1) is 9.91. The minimum absolute atomic E-state index is 0.730. The molecule has 1 saturated heterocycles. The van der Waals surface area contributed by atoms with E-state index in [2.05, 4.69) is 47.3 Å². The molecule has 2 aromatic rings. The number of aromatic nitrogens is 1. The Morgan fingerprint density at radius 2 is 2.25 bits per heavy atom. The van der Waals surface area contributed by atoms with Gasteiger partial charge < -0.3 is 9.88 Å². The highest BCUT2D eigenvalue weighted by atomic mass is 15.1. The van der Waals surface area contributed by atoms with Crippen molar-refractivity contribution in [3.63, 3.8) is 0 Å². The van der Waals surface area contributed by atoms with Crippen LogP contribution in [0.2, 0.25) is 0 Å². The second-order valence-electron chi connectivity index (χ2n) is 4.86. The third-order valence-corrected chi connectivity index (χ3v) is 3.71. The van der Waals surface area contributed by atoms with Crippen LogP contribution in [0.3, 0.4) is 0 Å². The fraction of sp³-hybridized carbons (Fsp3) is 0.429. The van der Waals surface area contributed by atoms with Gasteiger partial charge >= 0.3 is 0 Å². The van der Waals surface area contributed by atoms with E-state index < -0.39 is 0 Å². The fourth-order valence-electron chi connectivity index (χ4n) is 2.73. The van der Waals surface area contributed by atoms with Crippen LogP contribution in [0, 0.1) is 0 Å². The van der Waals surface area contributed by atoms with Crippen molar-refractivity contribution in [3.05, 3.63) is 36.0 Å². The lowest BCUT2D eigenvalue weighted by Crippen LogP contribution is -2.26. The molecular formula is C14H18N2. The van der Waals surface area contributed by atoms with Gasteiger partial charge in [0.05, 0.1) is 0 Å². The van der Waals surface area contributed by atoms with Gasteiger partial charge in [0, 0.05) is 23.7 Å². The monoisotopic (exact) mass is 214 g/mol. The summed E-state index contributed by atoms with van der Waals surface area (Å²) in [5.41, 5.74) is 2.64. The third kappa shape index (κ3) is 1.74. The Bertz CT molecular complexity index is 453. The first-order valence-corrected chi connectivity index (χ1v) is 6.10. The minimum Gasteiger partial charge on any atom is -0.358 e. The van der Waals surface area contributed by atoms with E-state index in [1.165, 1.54) is 36.0 Å². The van der Waals surface area contributed by atoms with Crippen LogP contribution in [-0.4, -0.2) is 29.5 Å². The van der Waals surface area contributed by atoms with Crippen molar-refractivity contribution >= 4 is 10.9 Å². The SMILES string of the molecule is CN1CCCC1Cc1cc2ccccc2[nH]1. The van der Waals surface area contributed by atoms with Crippen LogP contribution >= 0.6 is 0 Å². The minimum atomic E-state index is 0.730. The number of H-pyrrole nitrogens is 1. The number of aromatic amines is 1. The highest BCUT2D eigenvalue weighted by Gasteiger charge is 2.21. The van der Waals surface area contributed by atoms with Crippen LogP contribution in [0.15, 0.2) is 30.3 Å². The topological polar surface area (TPSA) is 19.0 Å². The van der Waals surface area contributed by atoms with Crippen LogP contribution in [-0.2, 0) is 6.42 Å². The number of hydrogen-bond donors (Lipinski definition) is 1. The molecule has 2 heterocycles. The molecule has 2 nitrogen and oxygen atoms in total. The molecule has 0 spiro atoms. The third-order valence-electron chi connectivity index (χ3n) is 3.71. The number of nitrogens with one attached hydrogen (secondary N) is 1. The van der Waals surface area contributed by atoms with E-state index in [4.69, 9.17) is 0 Å². The van der Waals surface area contributed by atoms with Crippen LogP contribution in [0.25, 0.3) is 10.9 Å². The van der Waals surface area contributed by atoms with Gasteiger partial charge in [-0.1, -0.05) is 18.2 Å². The Labute approximate surface area is 96.3 Å². The second-order valence-corrected chi connectivity index (χ2v) is 4.86. The zero-order valence-electron chi connectivity index (χ0n) is 9.74. The summed E-state index contributed by atoms with van der Waals surface area (Å²) in [4.78, 5) is 5.99. The summed E-state index contributed by atoms with van der Waals surface area (Å²) in [6.45, 7) is 1.25. The van der Waals surface area contributed by atoms with Crippen molar-refractivity contribution in [2.24, 2.45) is 0 Å². The number of para-hydroxylation sites is 1. The van der Waals surface area contributed by atoms with Crippen molar-refractivity contribution in [3.8, 4) is 0 Å². The van der Waals surface area contributed by atoms with Gasteiger partial charge in [0.15, 0.2) is 0 Å². The average Bonchev–Trinajstić information content (AvgIpc) is 2.85. The van der Waals surface area contributed by atoms with E-state index in [-0.39, 0.29) is 0 Å². The molecule has 2 heteroatoms. The van der Waals surface area contributed by atoms with Gasteiger partial charge in [0.25, 0.3) is 0 Å². The lowest BCUT2D eigenvalue weighted by atomic mass is 10.1. The van der Waals surface area contributed by atoms with Crippen molar-refractivity contribution in [1.82, 2.24) is 9.88 Å². The predicted molar refractivity (Wildman–Crippen MR) is 67.7 cm³/mol. The maximum atomic E-state index is 3.52. The smallest absolute Gasteiger partial charge is 0.0456 e. The quantitative estimate of drug-likeness (QED) is 0.814. The van der Waals surface area contributed by atoms with E-state index in [0.717, 1.165) is 12.5 Å². The number of benzene rings is 1. The summed E-state index contributed by atoms with van der Waals surface area (Å²) in [5, 5.41) is 1.33. The van der Waals surface area contributed by atoms with Gasteiger partial charge in [-0.25, -0.2) is 0 Å². The predicted octanol–water partition coefficient (Wildman–Crippen LogP) is 2.80. The average molecular weight is 214 g/mol. The Kier molecular flexibility index (Phi) is 2.44. The summed E-state index contributed by atoms with van der Waals surface area (Å²) in [7, 11) is 2.24. The van der Waals surface area contributed by atoms with Gasteiger partial charge in [-0.3, -0.25) is 0 Å². The van der Waals surface area contributed by atoms with Crippen molar-refractivity contribution < 1.29 is 0 Å². The van der Waals surface area contributed by atoms with Gasteiger partial charge in [0.2, 0.25) is 0 Å². The standard InChI is InChI=1S/C14H18N2/c1-16-8-4-6-13(16)10-12-9-11-5-2-3-7-14(11)15-12/h2-3,5,7,9,13,15H,4,6,8,10H2,1H3. The summed E-state index contributed by atoms with van der Waals surface area (Å²) in [6.07, 6.45) is 3.85. The molecule has 1 fully saturated rings. The molecule has 1 N–H and O–H groups in total. The largest absolute Gasteiger partial charge is 0.358 e. The zero-order valence-corrected chi connectivity index (χ0v) is 9.74. The normalized spacial score (nSPS) is 21.9. The van der Waals surface area contributed by atoms with Crippen molar-refractivity contribution in [2.75, 3.05) is 13.6 Å². The molecule has 0 bridgehead atoms. The molecule has 16 heavy (non-hydrogen) atoms. The number of hydrogen-bond acceptors (Lipinski definition) is 1. The van der Waals surface area contributed by atoms with E-state index in [1.54, 1.807) is 0 Å². The summed E-state index contributed by atoms with van der Waals surface area (Å²) < 4.78 is 0. The Morgan fingerprint density at radius 1 is 1.38 bits per heavy atom. The first-order valence-electron chi connectivity index (χ1n) is 6.10. The van der Waals surface area contributed by atoms with Crippen LogP contribution < -0.4 is 0 Å². The molecule has 1 aromatic heterocycles. The molecule has 0 aliphatic carbocycles. The van der Waals surface area contributed by atoms with E-state index >= 15 is 0 Å². The molecular weight excluding hydrogens is 196 g/mol. The molecule has 1 unspecified atom stereocenters. The van der Waals surface area contributed by atoms with Crippen LogP contribution in [0.5, 0.6) is 0 Å². The van der Waals surface area contributed by atoms with Crippen LogP contribution in [0.1, 0.15) is 18.5 Å². The Morgan fingerprint density at radius 3 is 3.00 bits per heavy atom. The van der Waals surface area contributed by atoms with Gasteiger partial charge in [-0.15, -0.1) is 0 Å². The molecule has 3 rings (SSSR count). The molecule has 1 aliphatic rings. The fourth-order valence-corrected chi connectivity index (χ4v) is 2.73. The van der Waals surface area contributed by atoms with Crippen LogP contribution in [0.4, 0.5) is 0 Å². The first-order chi connectivity index (χ1) is 7.83. The molecule has 1 atom stereocenters. The van der Waals surface area contributed by atoms with Crippen molar-refractivity contribution in [2.45, 2.75) is 25.3 Å². The van der Waals surface area contributed by atoms with E-state index in [9.17, 15) is 0 Å². The lowest BCUT2D eigenvalue weighted by molar-refractivity contribution is 0.308. The maximum Gasteiger partial charge on any atom is 0.0456 e. The van der Waals surface area contributed by atoms with Gasteiger partial charge in [0.1, 0.15) is 0 Å². The van der Waals surface area contributed by atoms with E-state index in [0.29, 0.717) is 0 Å². The maximum absolute atomic E-state index is 3.52. The number of likely N-dealkylation sites (tertiary alicyclic amines) is 1. The Balaban J connectivity index is 1.83. The molecule has 84 valence electrons. The Hall–Kier alpha value is -1.28. The molecule has 0 amide bonds. The molecule has 1 aromatic carbocycles. The highest BCUT2D eigenvalue weighted by molar-refractivity contribution is 5.80.